The third kappa shape index (κ3) is 4.69. The molecule has 2 amide bonds. The first-order valence-corrected chi connectivity index (χ1v) is 8.44. The second-order valence-electron chi connectivity index (χ2n) is 7.29. The van der Waals surface area contributed by atoms with Crippen molar-refractivity contribution in [2.75, 3.05) is 12.4 Å². The molecule has 2 rings (SSSR count). The van der Waals surface area contributed by atoms with Gasteiger partial charge in [0, 0.05) is 23.7 Å². The number of hydrogen-bond acceptors (Lipinski definition) is 2. The highest BCUT2D eigenvalue weighted by Crippen LogP contribution is 2.22. The Morgan fingerprint density at radius 3 is 2.24 bits per heavy atom. The fraction of sp³-hybridized carbons (Fsp3) is 0.333. The van der Waals surface area contributed by atoms with Crippen LogP contribution in [-0.2, 0) is 4.79 Å². The monoisotopic (exact) mass is 338 g/mol. The molecular formula is C21H26N2O2. The van der Waals surface area contributed by atoms with Crippen LogP contribution in [0.25, 0.3) is 0 Å². The van der Waals surface area contributed by atoms with Crippen molar-refractivity contribution >= 4 is 17.5 Å². The molecule has 0 spiro atoms. The molecule has 4 heteroatoms. The first-order valence-electron chi connectivity index (χ1n) is 8.44. The topological polar surface area (TPSA) is 49.4 Å². The first kappa shape index (κ1) is 18.7. The van der Waals surface area contributed by atoms with Gasteiger partial charge in [0.05, 0.1) is 6.04 Å². The molecule has 0 aliphatic rings. The fourth-order valence-corrected chi connectivity index (χ4v) is 2.38. The summed E-state index contributed by atoms with van der Waals surface area (Å²) in [6.07, 6.45) is 0. The summed E-state index contributed by atoms with van der Waals surface area (Å²) in [5.74, 6) is -0.161. The third-order valence-corrected chi connectivity index (χ3v) is 4.23. The third-order valence-electron chi connectivity index (χ3n) is 4.23. The molecule has 0 saturated carbocycles. The summed E-state index contributed by atoms with van der Waals surface area (Å²) in [5.41, 5.74) is 1.78. The van der Waals surface area contributed by atoms with Crippen LogP contribution in [0.1, 0.15) is 49.7 Å². The van der Waals surface area contributed by atoms with E-state index < -0.39 is 5.41 Å². The maximum Gasteiger partial charge on any atom is 0.254 e. The van der Waals surface area contributed by atoms with Gasteiger partial charge >= 0.3 is 0 Å². The summed E-state index contributed by atoms with van der Waals surface area (Å²) in [7, 11) is 1.79. The summed E-state index contributed by atoms with van der Waals surface area (Å²) < 4.78 is 0. The predicted octanol–water partition coefficient (Wildman–Crippen LogP) is 4.50. The fourth-order valence-electron chi connectivity index (χ4n) is 2.38. The average molecular weight is 338 g/mol. The lowest BCUT2D eigenvalue weighted by Crippen LogP contribution is -2.30. The Morgan fingerprint density at radius 2 is 1.64 bits per heavy atom. The van der Waals surface area contributed by atoms with Crippen LogP contribution in [0, 0.1) is 5.41 Å². The maximum atomic E-state index is 12.8. The van der Waals surface area contributed by atoms with E-state index in [4.69, 9.17) is 0 Å². The molecule has 0 aliphatic carbocycles. The van der Waals surface area contributed by atoms with Crippen molar-refractivity contribution in [3.05, 3.63) is 65.7 Å². The Bertz CT molecular complexity index is 748. The van der Waals surface area contributed by atoms with Gasteiger partial charge in [-0.05, 0) is 30.7 Å². The SMILES string of the molecule is C[C@H](c1ccccc1)N(C)C(=O)c1cccc(NC(=O)C(C)(C)C)c1. The van der Waals surface area contributed by atoms with Crippen LogP contribution in [0.4, 0.5) is 5.69 Å². The minimum Gasteiger partial charge on any atom is -0.335 e. The van der Waals surface area contributed by atoms with Gasteiger partial charge in [0.25, 0.3) is 5.91 Å². The van der Waals surface area contributed by atoms with E-state index in [1.165, 1.54) is 0 Å². The number of carbonyl (C=O) groups is 2. The van der Waals surface area contributed by atoms with Crippen LogP contribution < -0.4 is 5.32 Å². The highest BCUT2D eigenvalue weighted by molar-refractivity contribution is 5.98. The number of carbonyl (C=O) groups excluding carboxylic acids is 2. The largest absolute Gasteiger partial charge is 0.335 e. The molecule has 0 radical (unpaired) electrons. The molecule has 0 aliphatic heterocycles. The van der Waals surface area contributed by atoms with Crippen LogP contribution >= 0.6 is 0 Å². The van der Waals surface area contributed by atoms with Crippen molar-refractivity contribution in [1.29, 1.82) is 0 Å². The van der Waals surface area contributed by atoms with Gasteiger partial charge in [-0.15, -0.1) is 0 Å². The van der Waals surface area contributed by atoms with E-state index in [1.807, 2.05) is 58.0 Å². The van der Waals surface area contributed by atoms with Gasteiger partial charge in [0.1, 0.15) is 0 Å². The number of benzene rings is 2. The molecule has 0 bridgehead atoms. The van der Waals surface area contributed by atoms with Crippen molar-refractivity contribution in [2.45, 2.75) is 33.7 Å². The van der Waals surface area contributed by atoms with Crippen LogP contribution in [-0.4, -0.2) is 23.8 Å². The van der Waals surface area contributed by atoms with E-state index in [2.05, 4.69) is 5.32 Å². The van der Waals surface area contributed by atoms with Gasteiger partial charge in [0.15, 0.2) is 0 Å². The molecule has 25 heavy (non-hydrogen) atoms. The Morgan fingerprint density at radius 1 is 1.00 bits per heavy atom. The van der Waals surface area contributed by atoms with Gasteiger partial charge < -0.3 is 10.2 Å². The lowest BCUT2D eigenvalue weighted by atomic mass is 9.95. The second kappa shape index (κ2) is 7.51. The number of hydrogen-bond donors (Lipinski definition) is 1. The molecule has 0 aromatic heterocycles. The second-order valence-corrected chi connectivity index (χ2v) is 7.29. The first-order chi connectivity index (χ1) is 11.7. The standard InChI is InChI=1S/C21H26N2O2/c1-15(16-10-7-6-8-11-16)23(5)19(24)17-12-9-13-18(14-17)22-20(25)21(2,3)4/h6-15H,1-5H3,(H,22,25)/t15-/m1/s1. The van der Waals surface area contributed by atoms with Crippen molar-refractivity contribution < 1.29 is 9.59 Å². The van der Waals surface area contributed by atoms with E-state index in [0.29, 0.717) is 11.3 Å². The van der Waals surface area contributed by atoms with Crippen molar-refractivity contribution in [2.24, 2.45) is 5.41 Å². The molecule has 0 heterocycles. The van der Waals surface area contributed by atoms with Crippen LogP contribution in [0.3, 0.4) is 0 Å². The van der Waals surface area contributed by atoms with Crippen molar-refractivity contribution in [1.82, 2.24) is 4.90 Å². The molecule has 1 atom stereocenters. The highest BCUT2D eigenvalue weighted by Gasteiger charge is 2.22. The lowest BCUT2D eigenvalue weighted by Gasteiger charge is -2.25. The van der Waals surface area contributed by atoms with E-state index >= 15 is 0 Å². The number of anilines is 1. The summed E-state index contributed by atoms with van der Waals surface area (Å²) in [6, 6.07) is 16.9. The Balaban J connectivity index is 2.17. The molecule has 2 aromatic carbocycles. The quantitative estimate of drug-likeness (QED) is 0.892. The molecule has 0 unspecified atom stereocenters. The number of nitrogens with one attached hydrogen (secondary N) is 1. The highest BCUT2D eigenvalue weighted by atomic mass is 16.2. The van der Waals surface area contributed by atoms with E-state index in [9.17, 15) is 9.59 Å². The zero-order valence-electron chi connectivity index (χ0n) is 15.5. The predicted molar refractivity (Wildman–Crippen MR) is 101 cm³/mol. The molecule has 1 N–H and O–H groups in total. The zero-order chi connectivity index (χ0) is 18.6. The van der Waals surface area contributed by atoms with Crippen molar-refractivity contribution in [3.8, 4) is 0 Å². The van der Waals surface area contributed by atoms with Gasteiger partial charge in [-0.25, -0.2) is 0 Å². The van der Waals surface area contributed by atoms with Crippen LogP contribution in [0.2, 0.25) is 0 Å². The zero-order valence-corrected chi connectivity index (χ0v) is 15.5. The summed E-state index contributed by atoms with van der Waals surface area (Å²) >= 11 is 0. The van der Waals surface area contributed by atoms with Gasteiger partial charge in [-0.2, -0.15) is 0 Å². The van der Waals surface area contributed by atoms with Crippen LogP contribution in [0.5, 0.6) is 0 Å². The maximum absolute atomic E-state index is 12.8. The van der Waals surface area contributed by atoms with E-state index in [1.54, 1.807) is 36.2 Å². The molecule has 0 fully saturated rings. The molecule has 2 aromatic rings. The van der Waals surface area contributed by atoms with Crippen LogP contribution in [0.15, 0.2) is 54.6 Å². The Labute approximate surface area is 149 Å². The van der Waals surface area contributed by atoms with E-state index in [-0.39, 0.29) is 17.9 Å². The normalized spacial score (nSPS) is 12.4. The minimum atomic E-state index is -0.487. The number of rotatable bonds is 4. The summed E-state index contributed by atoms with van der Waals surface area (Å²) in [6.45, 7) is 7.56. The average Bonchev–Trinajstić information content (AvgIpc) is 2.60. The number of nitrogens with zero attached hydrogens (tertiary/aromatic N) is 1. The molecule has 4 nitrogen and oxygen atoms in total. The van der Waals surface area contributed by atoms with Crippen molar-refractivity contribution in [3.63, 3.8) is 0 Å². The summed E-state index contributed by atoms with van der Waals surface area (Å²) in [5, 5.41) is 2.87. The van der Waals surface area contributed by atoms with Gasteiger partial charge in [0.2, 0.25) is 5.91 Å². The Kier molecular flexibility index (Phi) is 5.62. The van der Waals surface area contributed by atoms with Gasteiger partial charge in [-0.1, -0.05) is 57.2 Å². The Hall–Kier alpha value is -2.62. The van der Waals surface area contributed by atoms with Gasteiger partial charge in [-0.3, -0.25) is 9.59 Å². The number of amides is 2. The summed E-state index contributed by atoms with van der Waals surface area (Å²) in [4.78, 5) is 26.7. The lowest BCUT2D eigenvalue weighted by molar-refractivity contribution is -0.123. The van der Waals surface area contributed by atoms with E-state index in [0.717, 1.165) is 5.56 Å². The molecular weight excluding hydrogens is 312 g/mol. The molecule has 0 saturated heterocycles. The molecule has 132 valence electrons. The smallest absolute Gasteiger partial charge is 0.254 e. The minimum absolute atomic E-state index is 0.0403.